The smallest absolute Gasteiger partial charge is 0.338 e. The van der Waals surface area contributed by atoms with Crippen LogP contribution in [0.4, 0.5) is 0 Å². The summed E-state index contributed by atoms with van der Waals surface area (Å²) in [7, 11) is 0. The van der Waals surface area contributed by atoms with E-state index in [1.807, 2.05) is 0 Å². The van der Waals surface area contributed by atoms with Crippen molar-refractivity contribution in [1.29, 1.82) is 0 Å². The molecule has 0 saturated carbocycles. The van der Waals surface area contributed by atoms with E-state index < -0.39 is 23.8 Å². The summed E-state index contributed by atoms with van der Waals surface area (Å²) in [5, 5.41) is 0. The van der Waals surface area contributed by atoms with Crippen LogP contribution in [-0.4, -0.2) is 30.4 Å². The Morgan fingerprint density at radius 1 is 1.57 bits per heavy atom. The maximum atomic E-state index is 11.2. The fourth-order valence-electron chi connectivity index (χ4n) is 1.22. The van der Waals surface area contributed by atoms with Crippen LogP contribution >= 0.6 is 0 Å². The molecule has 0 amide bonds. The fraction of sp³-hybridized carbons (Fsp3) is 0.778. The number of rotatable bonds is 3. The van der Waals surface area contributed by atoms with Gasteiger partial charge in [0, 0.05) is 13.8 Å². The molecular weight excluding hydrogens is 188 g/mol. The first-order valence-corrected chi connectivity index (χ1v) is 4.51. The highest BCUT2D eigenvalue weighted by atomic mass is 16.8. The topological polar surface area (TPSA) is 61.8 Å². The number of hydrogen-bond donors (Lipinski definition) is 0. The summed E-state index contributed by atoms with van der Waals surface area (Å²) in [6.45, 7) is 5.24. The average Bonchev–Trinajstić information content (AvgIpc) is 2.25. The van der Waals surface area contributed by atoms with Crippen LogP contribution in [0.2, 0.25) is 0 Å². The second-order valence-corrected chi connectivity index (χ2v) is 3.44. The first kappa shape index (κ1) is 11.0. The highest BCUT2D eigenvalue weighted by Crippen LogP contribution is 2.25. The molecule has 0 N–H and O–H groups in total. The zero-order valence-electron chi connectivity index (χ0n) is 8.53. The first-order chi connectivity index (χ1) is 6.44. The van der Waals surface area contributed by atoms with E-state index in [2.05, 4.69) is 0 Å². The van der Waals surface area contributed by atoms with E-state index in [4.69, 9.17) is 14.2 Å². The number of esters is 2. The Kier molecular flexibility index (Phi) is 3.10. The molecule has 1 rings (SSSR count). The quantitative estimate of drug-likeness (QED) is 0.628. The van der Waals surface area contributed by atoms with Crippen LogP contribution in [0.3, 0.4) is 0 Å². The number of carbonyl (C=O) groups is 2. The van der Waals surface area contributed by atoms with Crippen molar-refractivity contribution < 1.29 is 23.8 Å². The van der Waals surface area contributed by atoms with E-state index in [1.54, 1.807) is 20.8 Å². The van der Waals surface area contributed by atoms with Crippen molar-refractivity contribution in [3.8, 4) is 0 Å². The lowest BCUT2D eigenvalue weighted by atomic mass is 10.2. The average molecular weight is 202 g/mol. The van der Waals surface area contributed by atoms with Crippen LogP contribution < -0.4 is 0 Å². The predicted molar refractivity (Wildman–Crippen MR) is 46.3 cm³/mol. The lowest BCUT2D eigenvalue weighted by Gasteiger charge is -2.14. The van der Waals surface area contributed by atoms with Gasteiger partial charge in [-0.3, -0.25) is 4.79 Å². The van der Waals surface area contributed by atoms with Gasteiger partial charge >= 0.3 is 11.9 Å². The lowest BCUT2D eigenvalue weighted by Crippen LogP contribution is -2.24. The maximum Gasteiger partial charge on any atom is 0.338 e. The zero-order chi connectivity index (χ0) is 10.8. The Balaban J connectivity index is 2.47. The third kappa shape index (κ3) is 2.70. The van der Waals surface area contributed by atoms with Crippen molar-refractivity contribution in [2.75, 3.05) is 6.61 Å². The number of hydrogen-bond acceptors (Lipinski definition) is 5. The van der Waals surface area contributed by atoms with Gasteiger partial charge in [0.05, 0.1) is 13.0 Å². The third-order valence-corrected chi connectivity index (χ3v) is 1.69. The van der Waals surface area contributed by atoms with Crippen molar-refractivity contribution in [3.05, 3.63) is 0 Å². The van der Waals surface area contributed by atoms with Gasteiger partial charge in [-0.2, -0.15) is 0 Å². The Morgan fingerprint density at radius 2 is 2.21 bits per heavy atom. The van der Waals surface area contributed by atoms with Gasteiger partial charge in [-0.05, 0) is 6.92 Å². The summed E-state index contributed by atoms with van der Waals surface area (Å²) in [5.41, 5.74) is 0. The van der Waals surface area contributed by atoms with Gasteiger partial charge < -0.3 is 14.2 Å². The number of ether oxygens (including phenoxy) is 3. The van der Waals surface area contributed by atoms with E-state index in [0.29, 0.717) is 6.61 Å². The van der Waals surface area contributed by atoms with Crippen LogP contribution in [0.1, 0.15) is 27.2 Å². The standard InChI is InChI=1S/C9H14O5/c1-4-12-7(10)5-6-8(11)14-9(2,3)13-6/h6H,4-5H2,1-3H3. The maximum absolute atomic E-state index is 11.2. The SMILES string of the molecule is CCOC(=O)CC1OC(C)(C)OC1=O. The summed E-state index contributed by atoms with van der Waals surface area (Å²) in [4.78, 5) is 22.2. The van der Waals surface area contributed by atoms with Gasteiger partial charge in [0.2, 0.25) is 5.79 Å². The summed E-state index contributed by atoms with van der Waals surface area (Å²) in [5.74, 6) is -1.90. The summed E-state index contributed by atoms with van der Waals surface area (Å²) < 4.78 is 14.8. The molecule has 0 aromatic rings. The Hall–Kier alpha value is -1.10. The highest BCUT2D eigenvalue weighted by Gasteiger charge is 2.42. The molecule has 1 aliphatic heterocycles. The van der Waals surface area contributed by atoms with Crippen LogP contribution in [0, 0.1) is 0 Å². The summed E-state index contributed by atoms with van der Waals surface area (Å²) in [6, 6.07) is 0. The minimum Gasteiger partial charge on any atom is -0.466 e. The molecule has 80 valence electrons. The molecule has 0 spiro atoms. The molecule has 0 aliphatic carbocycles. The fourth-order valence-corrected chi connectivity index (χ4v) is 1.22. The van der Waals surface area contributed by atoms with Crippen molar-refractivity contribution in [2.45, 2.75) is 39.1 Å². The number of carbonyl (C=O) groups excluding carboxylic acids is 2. The second kappa shape index (κ2) is 3.96. The molecule has 0 aromatic heterocycles. The molecule has 5 nitrogen and oxygen atoms in total. The minimum absolute atomic E-state index is 0.0872. The highest BCUT2D eigenvalue weighted by molar-refractivity contribution is 5.83. The lowest BCUT2D eigenvalue weighted by molar-refractivity contribution is -0.161. The normalized spacial score (nSPS) is 24.5. The molecular formula is C9H14O5. The Labute approximate surface area is 82.3 Å². The van der Waals surface area contributed by atoms with Crippen molar-refractivity contribution in [1.82, 2.24) is 0 Å². The second-order valence-electron chi connectivity index (χ2n) is 3.44. The largest absolute Gasteiger partial charge is 0.466 e. The molecule has 1 saturated heterocycles. The first-order valence-electron chi connectivity index (χ1n) is 4.51. The molecule has 1 aliphatic rings. The molecule has 14 heavy (non-hydrogen) atoms. The van der Waals surface area contributed by atoms with Gasteiger partial charge in [0.25, 0.3) is 0 Å². The summed E-state index contributed by atoms with van der Waals surface area (Å²) in [6.07, 6.45) is -0.917. The van der Waals surface area contributed by atoms with Crippen molar-refractivity contribution in [3.63, 3.8) is 0 Å². The van der Waals surface area contributed by atoms with Crippen LogP contribution in [0.25, 0.3) is 0 Å². The van der Waals surface area contributed by atoms with E-state index >= 15 is 0 Å². The van der Waals surface area contributed by atoms with Gasteiger partial charge in [-0.15, -0.1) is 0 Å². The van der Waals surface area contributed by atoms with Crippen LogP contribution in [0.5, 0.6) is 0 Å². The molecule has 1 fully saturated rings. The number of cyclic esters (lactones) is 1. The zero-order valence-corrected chi connectivity index (χ0v) is 8.53. The summed E-state index contributed by atoms with van der Waals surface area (Å²) >= 11 is 0. The molecule has 0 bridgehead atoms. The van der Waals surface area contributed by atoms with Crippen LogP contribution in [-0.2, 0) is 23.8 Å². The van der Waals surface area contributed by atoms with Crippen LogP contribution in [0.15, 0.2) is 0 Å². The van der Waals surface area contributed by atoms with E-state index in [1.165, 1.54) is 0 Å². The van der Waals surface area contributed by atoms with Crippen molar-refractivity contribution >= 4 is 11.9 Å². The third-order valence-electron chi connectivity index (χ3n) is 1.69. The Morgan fingerprint density at radius 3 is 2.64 bits per heavy atom. The van der Waals surface area contributed by atoms with E-state index in [-0.39, 0.29) is 6.42 Å². The molecule has 5 heteroatoms. The Bertz CT molecular complexity index is 246. The molecule has 0 aromatic carbocycles. The van der Waals surface area contributed by atoms with Gasteiger partial charge in [0.15, 0.2) is 6.10 Å². The van der Waals surface area contributed by atoms with E-state index in [9.17, 15) is 9.59 Å². The van der Waals surface area contributed by atoms with Gasteiger partial charge in [0.1, 0.15) is 0 Å². The van der Waals surface area contributed by atoms with Gasteiger partial charge in [-0.25, -0.2) is 4.79 Å². The molecule has 0 radical (unpaired) electrons. The van der Waals surface area contributed by atoms with Crippen molar-refractivity contribution in [2.24, 2.45) is 0 Å². The van der Waals surface area contributed by atoms with Gasteiger partial charge in [-0.1, -0.05) is 0 Å². The monoisotopic (exact) mass is 202 g/mol. The molecule has 1 unspecified atom stereocenters. The molecule has 1 atom stereocenters. The minimum atomic E-state index is -0.936. The molecule has 1 heterocycles. The van der Waals surface area contributed by atoms with E-state index in [0.717, 1.165) is 0 Å². The predicted octanol–water partition coefficient (Wildman–Crippen LogP) is 0.618.